The van der Waals surface area contributed by atoms with E-state index >= 15 is 0 Å². The molecule has 0 aliphatic rings. The van der Waals surface area contributed by atoms with Gasteiger partial charge in [0.2, 0.25) is 5.95 Å². The molecule has 0 saturated carbocycles. The Kier molecular flexibility index (Phi) is 3.53. The third-order valence-corrected chi connectivity index (χ3v) is 3.09. The van der Waals surface area contributed by atoms with E-state index in [0.29, 0.717) is 11.8 Å². The molecule has 0 spiro atoms. The minimum absolute atomic E-state index is 0.365. The molecular formula is C15H15N5O. The number of benzene rings is 2. The molecule has 0 amide bonds. The van der Waals surface area contributed by atoms with Gasteiger partial charge in [0.15, 0.2) is 0 Å². The van der Waals surface area contributed by atoms with Gasteiger partial charge in [0.05, 0.1) is 12.6 Å². The molecule has 21 heavy (non-hydrogen) atoms. The molecule has 3 aromatic rings. The van der Waals surface area contributed by atoms with Crippen LogP contribution in [0.3, 0.4) is 0 Å². The maximum Gasteiger partial charge on any atom is 0.239 e. The first-order valence-electron chi connectivity index (χ1n) is 6.44. The number of nitrogens with two attached hydrogens (primary N) is 1. The minimum Gasteiger partial charge on any atom is -0.497 e. The van der Waals surface area contributed by atoms with Crippen molar-refractivity contribution in [3.8, 4) is 5.75 Å². The van der Waals surface area contributed by atoms with Crippen LogP contribution < -0.4 is 21.3 Å². The Bertz CT molecular complexity index is 758. The van der Waals surface area contributed by atoms with E-state index < -0.39 is 0 Å². The molecule has 0 fully saturated rings. The number of methoxy groups -OCH3 is 1. The van der Waals surface area contributed by atoms with Crippen LogP contribution in [-0.4, -0.2) is 17.1 Å². The van der Waals surface area contributed by atoms with Gasteiger partial charge in [-0.3, -0.25) is 5.43 Å². The molecule has 6 heteroatoms. The third kappa shape index (κ3) is 2.70. The highest BCUT2D eigenvalue weighted by molar-refractivity contribution is 5.91. The van der Waals surface area contributed by atoms with Gasteiger partial charge in [-0.2, -0.15) is 4.98 Å². The summed E-state index contributed by atoms with van der Waals surface area (Å²) in [6, 6.07) is 15.4. The predicted molar refractivity (Wildman–Crippen MR) is 83.6 cm³/mol. The Morgan fingerprint density at radius 1 is 1.00 bits per heavy atom. The van der Waals surface area contributed by atoms with E-state index in [1.165, 1.54) is 0 Å². The summed E-state index contributed by atoms with van der Waals surface area (Å²) in [5, 5.41) is 4.19. The molecule has 1 aromatic heterocycles. The van der Waals surface area contributed by atoms with E-state index in [4.69, 9.17) is 10.6 Å². The largest absolute Gasteiger partial charge is 0.497 e. The number of nitrogens with zero attached hydrogens (tertiary/aromatic N) is 2. The lowest BCUT2D eigenvalue weighted by Crippen LogP contribution is -2.11. The van der Waals surface area contributed by atoms with E-state index in [1.807, 2.05) is 48.5 Å². The number of hydrazine groups is 1. The standard InChI is InChI=1S/C15H15N5O/c1-21-11-8-6-10(7-9-11)17-14-12-4-2-3-5-13(12)18-15(19-14)20-16/h2-9H,16H2,1H3,(H2,17,18,19,20). The van der Waals surface area contributed by atoms with Crippen LogP contribution in [0.5, 0.6) is 5.75 Å². The van der Waals surface area contributed by atoms with Crippen molar-refractivity contribution in [2.24, 2.45) is 5.84 Å². The van der Waals surface area contributed by atoms with E-state index in [-0.39, 0.29) is 0 Å². The molecule has 2 aromatic carbocycles. The summed E-state index contributed by atoms with van der Waals surface area (Å²) in [7, 11) is 1.64. The van der Waals surface area contributed by atoms with Crippen LogP contribution in [0.25, 0.3) is 10.9 Å². The van der Waals surface area contributed by atoms with Gasteiger partial charge >= 0.3 is 0 Å². The minimum atomic E-state index is 0.365. The van der Waals surface area contributed by atoms with Crippen LogP contribution in [-0.2, 0) is 0 Å². The molecular weight excluding hydrogens is 266 g/mol. The van der Waals surface area contributed by atoms with Gasteiger partial charge in [-0.25, -0.2) is 10.8 Å². The Labute approximate surface area is 121 Å². The number of nitrogens with one attached hydrogen (secondary N) is 2. The molecule has 6 nitrogen and oxygen atoms in total. The molecule has 0 aliphatic heterocycles. The average molecular weight is 281 g/mol. The van der Waals surface area contributed by atoms with Gasteiger partial charge < -0.3 is 10.1 Å². The Hall–Kier alpha value is -2.86. The quantitative estimate of drug-likeness (QED) is 0.503. The predicted octanol–water partition coefficient (Wildman–Crippen LogP) is 2.67. The highest BCUT2D eigenvalue weighted by Gasteiger charge is 2.07. The number of fused-ring (bicyclic) bond motifs is 1. The first-order valence-corrected chi connectivity index (χ1v) is 6.44. The van der Waals surface area contributed by atoms with Crippen LogP contribution in [0, 0.1) is 0 Å². The van der Waals surface area contributed by atoms with Gasteiger partial charge in [-0.15, -0.1) is 0 Å². The monoisotopic (exact) mass is 281 g/mol. The van der Waals surface area contributed by atoms with Crippen LogP contribution >= 0.6 is 0 Å². The lowest BCUT2D eigenvalue weighted by atomic mass is 10.2. The number of nitrogen functional groups attached to an aromatic ring is 1. The Morgan fingerprint density at radius 2 is 1.76 bits per heavy atom. The first kappa shape index (κ1) is 13.1. The lowest BCUT2D eigenvalue weighted by Gasteiger charge is -2.10. The summed E-state index contributed by atoms with van der Waals surface area (Å²) >= 11 is 0. The molecule has 4 N–H and O–H groups in total. The highest BCUT2D eigenvalue weighted by atomic mass is 16.5. The zero-order chi connectivity index (χ0) is 14.7. The van der Waals surface area contributed by atoms with E-state index in [9.17, 15) is 0 Å². The number of rotatable bonds is 4. The van der Waals surface area contributed by atoms with Crippen LogP contribution in [0.2, 0.25) is 0 Å². The van der Waals surface area contributed by atoms with Crippen molar-refractivity contribution in [1.82, 2.24) is 9.97 Å². The maximum atomic E-state index is 5.42. The van der Waals surface area contributed by atoms with Crippen molar-refractivity contribution in [2.75, 3.05) is 17.9 Å². The SMILES string of the molecule is COc1ccc(Nc2nc(NN)nc3ccccc23)cc1. The second-order valence-corrected chi connectivity index (χ2v) is 4.41. The van der Waals surface area contributed by atoms with Gasteiger partial charge in [0, 0.05) is 11.1 Å². The summed E-state index contributed by atoms with van der Waals surface area (Å²) in [5.74, 6) is 7.28. The number of hydrogen-bond acceptors (Lipinski definition) is 6. The van der Waals surface area contributed by atoms with E-state index in [0.717, 1.165) is 22.3 Å². The van der Waals surface area contributed by atoms with E-state index in [2.05, 4.69) is 20.7 Å². The average Bonchev–Trinajstić information content (AvgIpc) is 2.55. The van der Waals surface area contributed by atoms with Crippen molar-refractivity contribution in [3.05, 3.63) is 48.5 Å². The number of hydrogen-bond donors (Lipinski definition) is 3. The molecule has 0 aliphatic carbocycles. The number of para-hydroxylation sites is 1. The molecule has 3 rings (SSSR count). The molecule has 0 radical (unpaired) electrons. The topological polar surface area (TPSA) is 85.1 Å². The summed E-state index contributed by atoms with van der Waals surface area (Å²) in [4.78, 5) is 8.68. The van der Waals surface area contributed by atoms with Gasteiger partial charge in [-0.05, 0) is 36.4 Å². The van der Waals surface area contributed by atoms with Crippen molar-refractivity contribution < 1.29 is 4.74 Å². The Balaban J connectivity index is 2.01. The fourth-order valence-electron chi connectivity index (χ4n) is 2.05. The highest BCUT2D eigenvalue weighted by Crippen LogP contribution is 2.25. The second-order valence-electron chi connectivity index (χ2n) is 4.41. The van der Waals surface area contributed by atoms with Crippen molar-refractivity contribution in [3.63, 3.8) is 0 Å². The third-order valence-electron chi connectivity index (χ3n) is 3.09. The Morgan fingerprint density at radius 3 is 2.48 bits per heavy atom. The number of aromatic nitrogens is 2. The van der Waals surface area contributed by atoms with Crippen molar-refractivity contribution in [2.45, 2.75) is 0 Å². The number of anilines is 3. The van der Waals surface area contributed by atoms with Gasteiger partial charge in [0.1, 0.15) is 11.6 Å². The zero-order valence-corrected chi connectivity index (χ0v) is 11.5. The molecule has 0 saturated heterocycles. The van der Waals surface area contributed by atoms with Crippen molar-refractivity contribution in [1.29, 1.82) is 0 Å². The fourth-order valence-corrected chi connectivity index (χ4v) is 2.05. The van der Waals surface area contributed by atoms with Crippen LogP contribution in [0.1, 0.15) is 0 Å². The smallest absolute Gasteiger partial charge is 0.239 e. The summed E-state index contributed by atoms with van der Waals surface area (Å²) in [5.41, 5.74) is 4.20. The van der Waals surface area contributed by atoms with Crippen molar-refractivity contribution >= 4 is 28.4 Å². The molecule has 0 unspecified atom stereocenters. The number of ether oxygens (including phenoxy) is 1. The van der Waals surface area contributed by atoms with Crippen LogP contribution in [0.15, 0.2) is 48.5 Å². The summed E-state index contributed by atoms with van der Waals surface area (Å²) in [6.07, 6.45) is 0. The molecule has 1 heterocycles. The molecule has 0 atom stereocenters. The van der Waals surface area contributed by atoms with Gasteiger partial charge in [0.25, 0.3) is 0 Å². The molecule has 0 bridgehead atoms. The second kappa shape index (κ2) is 5.64. The van der Waals surface area contributed by atoms with E-state index in [1.54, 1.807) is 7.11 Å². The normalized spacial score (nSPS) is 10.4. The summed E-state index contributed by atoms with van der Waals surface area (Å²) < 4.78 is 5.15. The van der Waals surface area contributed by atoms with Gasteiger partial charge in [-0.1, -0.05) is 12.1 Å². The fraction of sp³-hybridized carbons (Fsp3) is 0.0667. The maximum absolute atomic E-state index is 5.42. The zero-order valence-electron chi connectivity index (χ0n) is 11.5. The lowest BCUT2D eigenvalue weighted by molar-refractivity contribution is 0.415. The molecule has 106 valence electrons. The first-order chi connectivity index (χ1) is 10.3. The summed E-state index contributed by atoms with van der Waals surface area (Å²) in [6.45, 7) is 0. The van der Waals surface area contributed by atoms with Crippen LogP contribution in [0.4, 0.5) is 17.5 Å².